The molecule has 0 saturated carbocycles. The zero-order valence-corrected chi connectivity index (χ0v) is 9.68. The highest BCUT2D eigenvalue weighted by Gasteiger charge is 2.19. The number of anilines is 1. The fourth-order valence-electron chi connectivity index (χ4n) is 1.74. The molecule has 2 heterocycles. The Balaban J connectivity index is 2.70. The van der Waals surface area contributed by atoms with E-state index < -0.39 is 0 Å². The van der Waals surface area contributed by atoms with Crippen molar-refractivity contribution >= 4 is 16.9 Å². The molecule has 0 bridgehead atoms. The number of H-pyrrole nitrogens is 1. The normalized spacial score (nSPS) is 12.0. The predicted octanol–water partition coefficient (Wildman–Crippen LogP) is 2.90. The number of rotatable bonds is 1. The standard InChI is InChI=1S/C12H17N3/c1-12(2,3)9-7-8-5-6-14-10(8)15-11(9)13-4/h5-7H,1-4H3,(H2,13,14,15). The van der Waals surface area contributed by atoms with E-state index in [9.17, 15) is 0 Å². The first kappa shape index (κ1) is 10.0. The van der Waals surface area contributed by atoms with Crippen molar-refractivity contribution < 1.29 is 0 Å². The van der Waals surface area contributed by atoms with Crippen molar-refractivity contribution in [1.82, 2.24) is 9.97 Å². The van der Waals surface area contributed by atoms with Crippen molar-refractivity contribution in [2.45, 2.75) is 26.2 Å². The van der Waals surface area contributed by atoms with Crippen LogP contribution in [0, 0.1) is 0 Å². The Morgan fingerprint density at radius 3 is 2.67 bits per heavy atom. The van der Waals surface area contributed by atoms with Crippen LogP contribution in [0.15, 0.2) is 18.3 Å². The van der Waals surface area contributed by atoms with Crippen LogP contribution in [0.2, 0.25) is 0 Å². The molecule has 3 nitrogen and oxygen atoms in total. The van der Waals surface area contributed by atoms with Crippen molar-refractivity contribution in [3.63, 3.8) is 0 Å². The van der Waals surface area contributed by atoms with Crippen LogP contribution < -0.4 is 5.32 Å². The zero-order chi connectivity index (χ0) is 11.1. The van der Waals surface area contributed by atoms with Gasteiger partial charge in [0.1, 0.15) is 11.5 Å². The molecule has 0 aliphatic carbocycles. The molecule has 0 aromatic carbocycles. The smallest absolute Gasteiger partial charge is 0.139 e. The van der Waals surface area contributed by atoms with Gasteiger partial charge in [0.2, 0.25) is 0 Å². The minimum absolute atomic E-state index is 0.108. The number of aromatic nitrogens is 2. The molecule has 0 atom stereocenters. The molecule has 2 N–H and O–H groups in total. The maximum Gasteiger partial charge on any atom is 0.139 e. The van der Waals surface area contributed by atoms with E-state index in [-0.39, 0.29) is 5.41 Å². The summed E-state index contributed by atoms with van der Waals surface area (Å²) in [5.41, 5.74) is 2.29. The first-order valence-corrected chi connectivity index (χ1v) is 5.19. The predicted molar refractivity (Wildman–Crippen MR) is 64.3 cm³/mol. The summed E-state index contributed by atoms with van der Waals surface area (Å²) < 4.78 is 0. The van der Waals surface area contributed by atoms with E-state index in [0.29, 0.717) is 0 Å². The van der Waals surface area contributed by atoms with Crippen LogP contribution in [0.5, 0.6) is 0 Å². The van der Waals surface area contributed by atoms with Gasteiger partial charge in [0.25, 0.3) is 0 Å². The van der Waals surface area contributed by atoms with Crippen LogP contribution in [-0.4, -0.2) is 17.0 Å². The van der Waals surface area contributed by atoms with Crippen molar-refractivity contribution in [2.24, 2.45) is 0 Å². The molecule has 0 spiro atoms. The van der Waals surface area contributed by atoms with Gasteiger partial charge in [-0.15, -0.1) is 0 Å². The van der Waals surface area contributed by atoms with Crippen LogP contribution in [0.25, 0.3) is 11.0 Å². The molecule has 0 unspecified atom stereocenters. The Kier molecular flexibility index (Phi) is 2.18. The third kappa shape index (κ3) is 1.69. The van der Waals surface area contributed by atoms with E-state index in [0.717, 1.165) is 11.5 Å². The lowest BCUT2D eigenvalue weighted by Crippen LogP contribution is -2.14. The first-order chi connectivity index (χ1) is 7.02. The van der Waals surface area contributed by atoms with E-state index in [1.807, 2.05) is 13.2 Å². The number of hydrogen-bond acceptors (Lipinski definition) is 2. The summed E-state index contributed by atoms with van der Waals surface area (Å²) in [7, 11) is 1.91. The largest absolute Gasteiger partial charge is 0.373 e. The van der Waals surface area contributed by atoms with Crippen molar-refractivity contribution in [2.75, 3.05) is 12.4 Å². The fourth-order valence-corrected chi connectivity index (χ4v) is 1.74. The number of fused-ring (bicyclic) bond motifs is 1. The molecular formula is C12H17N3. The Morgan fingerprint density at radius 2 is 2.07 bits per heavy atom. The average molecular weight is 203 g/mol. The second-order valence-corrected chi connectivity index (χ2v) is 4.80. The Morgan fingerprint density at radius 1 is 1.33 bits per heavy atom. The van der Waals surface area contributed by atoms with Crippen LogP contribution in [-0.2, 0) is 5.41 Å². The zero-order valence-electron chi connectivity index (χ0n) is 9.68. The van der Waals surface area contributed by atoms with Gasteiger partial charge in [0, 0.05) is 24.2 Å². The second-order valence-electron chi connectivity index (χ2n) is 4.80. The van der Waals surface area contributed by atoms with Crippen LogP contribution >= 0.6 is 0 Å². The summed E-state index contributed by atoms with van der Waals surface area (Å²) in [4.78, 5) is 7.68. The summed E-state index contributed by atoms with van der Waals surface area (Å²) in [6, 6.07) is 4.25. The highest BCUT2D eigenvalue weighted by Crippen LogP contribution is 2.30. The number of hydrogen-bond donors (Lipinski definition) is 2. The molecule has 2 aromatic heterocycles. The van der Waals surface area contributed by atoms with Gasteiger partial charge in [0.05, 0.1) is 0 Å². The van der Waals surface area contributed by atoms with Crippen LogP contribution in [0.4, 0.5) is 5.82 Å². The molecular weight excluding hydrogens is 186 g/mol. The summed E-state index contributed by atoms with van der Waals surface area (Å²) in [6.07, 6.45) is 1.92. The van der Waals surface area contributed by atoms with Gasteiger partial charge < -0.3 is 10.3 Å². The van der Waals surface area contributed by atoms with E-state index in [1.165, 1.54) is 10.9 Å². The van der Waals surface area contributed by atoms with Crippen LogP contribution in [0.3, 0.4) is 0 Å². The molecule has 0 aliphatic rings. The molecule has 0 aliphatic heterocycles. The highest BCUT2D eigenvalue weighted by atomic mass is 15.0. The lowest BCUT2D eigenvalue weighted by molar-refractivity contribution is 0.591. The average Bonchev–Trinajstić information content (AvgIpc) is 2.60. The lowest BCUT2D eigenvalue weighted by atomic mass is 9.87. The topological polar surface area (TPSA) is 40.7 Å². The van der Waals surface area contributed by atoms with Crippen molar-refractivity contribution in [3.8, 4) is 0 Å². The van der Waals surface area contributed by atoms with Crippen molar-refractivity contribution in [1.29, 1.82) is 0 Å². The van der Waals surface area contributed by atoms with E-state index in [4.69, 9.17) is 0 Å². The summed E-state index contributed by atoms with van der Waals surface area (Å²) >= 11 is 0. The number of nitrogens with zero attached hydrogens (tertiary/aromatic N) is 1. The van der Waals surface area contributed by atoms with E-state index in [2.05, 4.69) is 48.2 Å². The van der Waals surface area contributed by atoms with E-state index >= 15 is 0 Å². The quantitative estimate of drug-likeness (QED) is 0.748. The molecule has 2 aromatic rings. The molecule has 2 rings (SSSR count). The fraction of sp³-hybridized carbons (Fsp3) is 0.417. The van der Waals surface area contributed by atoms with Gasteiger partial charge in [0.15, 0.2) is 0 Å². The highest BCUT2D eigenvalue weighted by molar-refractivity contribution is 5.79. The minimum atomic E-state index is 0.108. The molecule has 15 heavy (non-hydrogen) atoms. The molecule has 3 heteroatoms. The van der Waals surface area contributed by atoms with Gasteiger partial charge in [-0.1, -0.05) is 20.8 Å². The van der Waals surface area contributed by atoms with Gasteiger partial charge in [-0.05, 0) is 17.5 Å². The molecule has 0 radical (unpaired) electrons. The molecule has 80 valence electrons. The van der Waals surface area contributed by atoms with Gasteiger partial charge in [-0.3, -0.25) is 0 Å². The second kappa shape index (κ2) is 3.26. The van der Waals surface area contributed by atoms with Gasteiger partial charge in [-0.25, -0.2) is 4.98 Å². The molecule has 0 amide bonds. The maximum absolute atomic E-state index is 4.55. The number of nitrogens with one attached hydrogen (secondary N) is 2. The Labute approximate surface area is 89.9 Å². The molecule has 0 fully saturated rings. The van der Waals surface area contributed by atoms with Gasteiger partial charge >= 0.3 is 0 Å². The summed E-state index contributed by atoms with van der Waals surface area (Å²) in [5, 5.41) is 4.32. The maximum atomic E-state index is 4.55. The number of pyridine rings is 1. The summed E-state index contributed by atoms with van der Waals surface area (Å²) in [5.74, 6) is 0.956. The monoisotopic (exact) mass is 203 g/mol. The Bertz CT molecular complexity index is 477. The van der Waals surface area contributed by atoms with Gasteiger partial charge in [-0.2, -0.15) is 0 Å². The number of aromatic amines is 1. The summed E-state index contributed by atoms with van der Waals surface area (Å²) in [6.45, 7) is 6.59. The molecule has 0 saturated heterocycles. The Hall–Kier alpha value is -1.51. The van der Waals surface area contributed by atoms with Crippen LogP contribution in [0.1, 0.15) is 26.3 Å². The third-order valence-electron chi connectivity index (χ3n) is 2.58. The van der Waals surface area contributed by atoms with Crippen molar-refractivity contribution in [3.05, 3.63) is 23.9 Å². The van der Waals surface area contributed by atoms with E-state index in [1.54, 1.807) is 0 Å². The first-order valence-electron chi connectivity index (χ1n) is 5.19. The minimum Gasteiger partial charge on any atom is -0.373 e. The lowest BCUT2D eigenvalue weighted by Gasteiger charge is -2.21. The third-order valence-corrected chi connectivity index (χ3v) is 2.58. The SMILES string of the molecule is CNc1nc2[nH]ccc2cc1C(C)(C)C.